The van der Waals surface area contributed by atoms with Gasteiger partial charge < -0.3 is 10.4 Å². The molecule has 0 aliphatic carbocycles. The van der Waals surface area contributed by atoms with Gasteiger partial charge in [0.15, 0.2) is 0 Å². The molecule has 1 rings (SSSR count). The molecule has 1 atom stereocenters. The molecule has 1 aromatic heterocycles. The fourth-order valence-corrected chi connectivity index (χ4v) is 1.92. The molecule has 2 N–H and O–H groups in total. The van der Waals surface area contributed by atoms with Gasteiger partial charge in [0.2, 0.25) is 0 Å². The quantitative estimate of drug-likeness (QED) is 0.898. The van der Waals surface area contributed by atoms with E-state index in [4.69, 9.17) is 0 Å². The number of pyridine rings is 1. The molecule has 0 radical (unpaired) electrons. The standard InChI is InChI=1S/C13H21BrN2O/c1-12(2,3)16-9-13(4,17)6-10-5-11(14)8-15-7-10/h5,7-8,16-17H,6,9H2,1-4H3. The summed E-state index contributed by atoms with van der Waals surface area (Å²) in [6.45, 7) is 8.66. The third-order valence-corrected chi connectivity index (χ3v) is 2.78. The van der Waals surface area contributed by atoms with E-state index in [0.717, 1.165) is 10.0 Å². The Morgan fingerprint density at radius 1 is 1.29 bits per heavy atom. The van der Waals surface area contributed by atoms with Gasteiger partial charge in [-0.25, -0.2) is 0 Å². The summed E-state index contributed by atoms with van der Waals surface area (Å²) in [5.74, 6) is 0. The van der Waals surface area contributed by atoms with Gasteiger partial charge in [0, 0.05) is 35.4 Å². The van der Waals surface area contributed by atoms with E-state index in [1.165, 1.54) is 0 Å². The van der Waals surface area contributed by atoms with Gasteiger partial charge in [-0.05, 0) is 55.3 Å². The lowest BCUT2D eigenvalue weighted by Gasteiger charge is -2.29. The number of β-amino-alcohol motifs (C(OH)–C–C–N with tert-alkyl or cyclic N) is 1. The molecular weight excluding hydrogens is 280 g/mol. The minimum Gasteiger partial charge on any atom is -0.389 e. The highest BCUT2D eigenvalue weighted by molar-refractivity contribution is 9.10. The van der Waals surface area contributed by atoms with E-state index in [0.29, 0.717) is 13.0 Å². The zero-order valence-electron chi connectivity index (χ0n) is 10.9. The minimum absolute atomic E-state index is 0.0134. The topological polar surface area (TPSA) is 45.1 Å². The lowest BCUT2D eigenvalue weighted by atomic mass is 9.96. The molecule has 0 aromatic carbocycles. The monoisotopic (exact) mass is 300 g/mol. The molecule has 4 heteroatoms. The summed E-state index contributed by atoms with van der Waals surface area (Å²) in [6, 6.07) is 1.98. The maximum absolute atomic E-state index is 10.3. The number of nitrogens with zero attached hydrogens (tertiary/aromatic N) is 1. The highest BCUT2D eigenvalue weighted by Gasteiger charge is 2.23. The van der Waals surface area contributed by atoms with Gasteiger partial charge >= 0.3 is 0 Å². The van der Waals surface area contributed by atoms with Crippen molar-refractivity contribution in [1.82, 2.24) is 10.3 Å². The van der Waals surface area contributed by atoms with Gasteiger partial charge in [0.05, 0.1) is 5.60 Å². The van der Waals surface area contributed by atoms with Crippen molar-refractivity contribution in [3.63, 3.8) is 0 Å². The lowest BCUT2D eigenvalue weighted by Crippen LogP contribution is -2.47. The first-order valence-electron chi connectivity index (χ1n) is 5.75. The van der Waals surface area contributed by atoms with Crippen molar-refractivity contribution in [3.05, 3.63) is 28.5 Å². The molecule has 1 unspecified atom stereocenters. The van der Waals surface area contributed by atoms with Crippen LogP contribution in [-0.4, -0.2) is 27.8 Å². The molecular formula is C13H21BrN2O. The lowest BCUT2D eigenvalue weighted by molar-refractivity contribution is 0.0534. The first-order chi connectivity index (χ1) is 7.68. The van der Waals surface area contributed by atoms with Crippen LogP contribution in [0.4, 0.5) is 0 Å². The Balaban J connectivity index is 2.60. The summed E-state index contributed by atoms with van der Waals surface area (Å²) in [4.78, 5) is 4.10. The van der Waals surface area contributed by atoms with E-state index in [-0.39, 0.29) is 5.54 Å². The number of aromatic nitrogens is 1. The molecule has 96 valence electrons. The smallest absolute Gasteiger partial charge is 0.0784 e. The maximum atomic E-state index is 10.3. The third kappa shape index (κ3) is 6.15. The SMILES string of the molecule is CC(O)(CNC(C)(C)C)Cc1cncc(Br)c1. The Bertz CT molecular complexity index is 372. The molecule has 0 bridgehead atoms. The van der Waals surface area contributed by atoms with Crippen LogP contribution in [0.5, 0.6) is 0 Å². The predicted octanol–water partition coefficient (Wildman–Crippen LogP) is 2.53. The summed E-state index contributed by atoms with van der Waals surface area (Å²) in [5.41, 5.74) is 0.273. The molecule has 0 spiro atoms. The summed E-state index contributed by atoms with van der Waals surface area (Å²) >= 11 is 3.38. The Morgan fingerprint density at radius 3 is 2.47 bits per heavy atom. The summed E-state index contributed by atoms with van der Waals surface area (Å²) in [7, 11) is 0. The number of hydrogen-bond donors (Lipinski definition) is 2. The van der Waals surface area contributed by atoms with Gasteiger partial charge in [-0.2, -0.15) is 0 Å². The van der Waals surface area contributed by atoms with Crippen molar-refractivity contribution < 1.29 is 5.11 Å². The van der Waals surface area contributed by atoms with E-state index in [1.807, 2.05) is 13.0 Å². The Morgan fingerprint density at radius 2 is 1.94 bits per heavy atom. The van der Waals surface area contributed by atoms with E-state index < -0.39 is 5.60 Å². The number of aliphatic hydroxyl groups is 1. The van der Waals surface area contributed by atoms with Crippen LogP contribution in [0.3, 0.4) is 0 Å². The molecule has 1 aromatic rings. The van der Waals surface area contributed by atoms with Gasteiger partial charge in [-0.1, -0.05) is 0 Å². The Hall–Kier alpha value is -0.450. The van der Waals surface area contributed by atoms with Crippen LogP contribution in [0, 0.1) is 0 Å². The molecule has 0 aliphatic rings. The molecule has 0 aliphatic heterocycles. The van der Waals surface area contributed by atoms with Gasteiger partial charge in [0.1, 0.15) is 0 Å². The number of halogens is 1. The second-order valence-electron chi connectivity index (χ2n) is 5.79. The van der Waals surface area contributed by atoms with Crippen molar-refractivity contribution in [3.8, 4) is 0 Å². The first-order valence-corrected chi connectivity index (χ1v) is 6.54. The number of hydrogen-bond acceptors (Lipinski definition) is 3. The zero-order valence-corrected chi connectivity index (χ0v) is 12.5. The fraction of sp³-hybridized carbons (Fsp3) is 0.615. The second kappa shape index (κ2) is 5.46. The van der Waals surface area contributed by atoms with Crippen LogP contribution in [0.2, 0.25) is 0 Å². The molecule has 0 saturated carbocycles. The van der Waals surface area contributed by atoms with Crippen LogP contribution in [0.1, 0.15) is 33.3 Å². The van der Waals surface area contributed by atoms with Gasteiger partial charge in [0.25, 0.3) is 0 Å². The number of rotatable bonds is 4. The second-order valence-corrected chi connectivity index (χ2v) is 6.70. The van der Waals surface area contributed by atoms with Crippen molar-refractivity contribution in [2.75, 3.05) is 6.54 Å². The van der Waals surface area contributed by atoms with Crippen molar-refractivity contribution >= 4 is 15.9 Å². The predicted molar refractivity (Wildman–Crippen MR) is 74.0 cm³/mol. The zero-order chi connectivity index (χ0) is 13.1. The van der Waals surface area contributed by atoms with Crippen LogP contribution in [0.15, 0.2) is 22.9 Å². The van der Waals surface area contributed by atoms with Crippen molar-refractivity contribution in [2.24, 2.45) is 0 Å². The normalized spacial score (nSPS) is 15.6. The van der Waals surface area contributed by atoms with Crippen molar-refractivity contribution in [2.45, 2.75) is 45.3 Å². The van der Waals surface area contributed by atoms with E-state index >= 15 is 0 Å². The van der Waals surface area contributed by atoms with Crippen LogP contribution in [-0.2, 0) is 6.42 Å². The highest BCUT2D eigenvalue weighted by atomic mass is 79.9. The third-order valence-electron chi connectivity index (χ3n) is 2.35. The minimum atomic E-state index is -0.768. The molecule has 3 nitrogen and oxygen atoms in total. The maximum Gasteiger partial charge on any atom is 0.0784 e. The van der Waals surface area contributed by atoms with Gasteiger partial charge in [-0.3, -0.25) is 4.98 Å². The van der Waals surface area contributed by atoms with Crippen LogP contribution < -0.4 is 5.32 Å². The molecule has 17 heavy (non-hydrogen) atoms. The fourth-order valence-electron chi connectivity index (χ4n) is 1.51. The number of nitrogens with one attached hydrogen (secondary N) is 1. The van der Waals surface area contributed by atoms with E-state index in [1.54, 1.807) is 12.4 Å². The largest absolute Gasteiger partial charge is 0.389 e. The summed E-state index contributed by atoms with van der Waals surface area (Å²) < 4.78 is 0.939. The highest BCUT2D eigenvalue weighted by Crippen LogP contribution is 2.16. The Labute approximate surface area is 112 Å². The van der Waals surface area contributed by atoms with E-state index in [2.05, 4.69) is 47.0 Å². The molecule has 0 fully saturated rings. The van der Waals surface area contributed by atoms with Gasteiger partial charge in [-0.15, -0.1) is 0 Å². The van der Waals surface area contributed by atoms with Crippen LogP contribution >= 0.6 is 15.9 Å². The molecule has 0 amide bonds. The average molecular weight is 301 g/mol. The Kier molecular flexibility index (Phi) is 4.69. The molecule has 1 heterocycles. The van der Waals surface area contributed by atoms with Crippen LogP contribution in [0.25, 0.3) is 0 Å². The van der Waals surface area contributed by atoms with E-state index in [9.17, 15) is 5.11 Å². The summed E-state index contributed by atoms with van der Waals surface area (Å²) in [5, 5.41) is 13.6. The average Bonchev–Trinajstić information content (AvgIpc) is 2.13. The first kappa shape index (κ1) is 14.6. The summed E-state index contributed by atoms with van der Waals surface area (Å²) in [6.07, 6.45) is 4.12. The van der Waals surface area contributed by atoms with Crippen molar-refractivity contribution in [1.29, 1.82) is 0 Å². The molecule has 0 saturated heterocycles.